The predicted molar refractivity (Wildman–Crippen MR) is 123 cm³/mol. The average molecular weight is 465 g/mol. The van der Waals surface area contributed by atoms with Gasteiger partial charge in [0, 0.05) is 24.6 Å². The second kappa shape index (κ2) is 9.66. The van der Waals surface area contributed by atoms with Crippen molar-refractivity contribution in [3.63, 3.8) is 0 Å². The third kappa shape index (κ3) is 5.09. The third-order valence-corrected chi connectivity index (χ3v) is 6.74. The summed E-state index contributed by atoms with van der Waals surface area (Å²) in [5, 5.41) is 2.71. The molecule has 0 aliphatic heterocycles. The molecular weight excluding hydrogens is 443 g/mol. The van der Waals surface area contributed by atoms with Gasteiger partial charge in [0.05, 0.1) is 16.9 Å². The topological polar surface area (TPSA) is 84.3 Å². The van der Waals surface area contributed by atoms with Gasteiger partial charge in [-0.05, 0) is 42.0 Å². The van der Waals surface area contributed by atoms with E-state index in [1.54, 1.807) is 30.7 Å². The van der Waals surface area contributed by atoms with Crippen LogP contribution in [0.1, 0.15) is 5.56 Å². The molecule has 3 aromatic carbocycles. The number of anilines is 1. The van der Waals surface area contributed by atoms with Gasteiger partial charge in [0.25, 0.3) is 10.0 Å². The molecule has 0 unspecified atom stereocenters. The number of rotatable bonds is 8. The number of aromatic nitrogens is 2. The molecule has 1 amide bonds. The first-order valence-corrected chi connectivity index (χ1v) is 11.6. The van der Waals surface area contributed by atoms with Crippen molar-refractivity contribution < 1.29 is 17.6 Å². The van der Waals surface area contributed by atoms with Crippen LogP contribution in [0.2, 0.25) is 0 Å². The highest BCUT2D eigenvalue weighted by molar-refractivity contribution is 7.92. The van der Waals surface area contributed by atoms with Crippen molar-refractivity contribution in [1.29, 1.82) is 0 Å². The Morgan fingerprint density at radius 1 is 0.970 bits per heavy atom. The van der Waals surface area contributed by atoms with Crippen molar-refractivity contribution in [3.05, 3.63) is 109 Å². The molecule has 0 bridgehead atoms. The molecule has 0 aliphatic rings. The summed E-state index contributed by atoms with van der Waals surface area (Å²) in [6, 6.07) is 20.6. The van der Waals surface area contributed by atoms with Crippen LogP contribution in [0, 0.1) is 5.82 Å². The number of carbonyl (C=O) groups excluding carboxylic acids is 1. The second-order valence-electron chi connectivity index (χ2n) is 7.19. The molecule has 9 heteroatoms. The number of nitrogens with zero attached hydrogens (tertiary/aromatic N) is 3. The summed E-state index contributed by atoms with van der Waals surface area (Å²) < 4.78 is 43.6. The number of imidazole rings is 1. The maximum atomic E-state index is 14.5. The molecule has 7 nitrogen and oxygen atoms in total. The molecule has 168 valence electrons. The zero-order chi connectivity index (χ0) is 23.3. The van der Waals surface area contributed by atoms with Crippen LogP contribution in [0.3, 0.4) is 0 Å². The second-order valence-corrected chi connectivity index (χ2v) is 9.05. The minimum atomic E-state index is -4.16. The van der Waals surface area contributed by atoms with Gasteiger partial charge in [-0.2, -0.15) is 0 Å². The normalized spacial score (nSPS) is 11.2. The Hall–Kier alpha value is -3.98. The molecular formula is C24H21FN4O3S. The van der Waals surface area contributed by atoms with Gasteiger partial charge in [-0.25, -0.2) is 17.8 Å². The monoisotopic (exact) mass is 464 g/mol. The van der Waals surface area contributed by atoms with Crippen LogP contribution in [0.25, 0.3) is 5.69 Å². The molecule has 0 aliphatic carbocycles. The number of benzene rings is 3. The fourth-order valence-corrected chi connectivity index (χ4v) is 4.71. The summed E-state index contributed by atoms with van der Waals surface area (Å²) in [6.45, 7) is -0.370. The van der Waals surface area contributed by atoms with Crippen molar-refractivity contribution in [2.24, 2.45) is 0 Å². The Labute approximate surface area is 191 Å². The standard InChI is InChI=1S/C24H21FN4O3S/c25-22-8-4-5-9-23(22)29(33(31,32)21-6-2-1-3-7-21)17-24(30)27-16-19-10-12-20(13-11-19)28-15-14-26-18-28/h1-15,18H,16-17H2,(H,27,30). The Bertz CT molecular complexity index is 1330. The molecule has 0 saturated heterocycles. The number of nitrogens with one attached hydrogen (secondary N) is 1. The summed E-state index contributed by atoms with van der Waals surface area (Å²) in [4.78, 5) is 16.7. The first-order chi connectivity index (χ1) is 15.9. The molecule has 4 rings (SSSR count). The van der Waals surface area contributed by atoms with Crippen molar-refractivity contribution in [2.45, 2.75) is 11.4 Å². The zero-order valence-electron chi connectivity index (χ0n) is 17.5. The highest BCUT2D eigenvalue weighted by Crippen LogP contribution is 2.26. The van der Waals surface area contributed by atoms with Gasteiger partial charge in [-0.1, -0.05) is 42.5 Å². The summed E-state index contributed by atoms with van der Waals surface area (Å²) in [6.07, 6.45) is 5.18. The van der Waals surface area contributed by atoms with Crippen LogP contribution in [0.15, 0.2) is 102 Å². The Morgan fingerprint density at radius 3 is 2.33 bits per heavy atom. The number of sulfonamides is 1. The number of amides is 1. The van der Waals surface area contributed by atoms with Crippen molar-refractivity contribution in [2.75, 3.05) is 10.8 Å². The van der Waals surface area contributed by atoms with Crippen molar-refractivity contribution >= 4 is 21.6 Å². The number of hydrogen-bond acceptors (Lipinski definition) is 4. The Kier molecular flexibility index (Phi) is 6.50. The SMILES string of the molecule is O=C(CN(c1ccccc1F)S(=O)(=O)c1ccccc1)NCc1ccc(-n2ccnc2)cc1. The van der Waals surface area contributed by atoms with Gasteiger partial charge in [0.2, 0.25) is 5.91 Å². The minimum Gasteiger partial charge on any atom is -0.350 e. The fourth-order valence-electron chi connectivity index (χ4n) is 3.26. The number of hydrogen-bond donors (Lipinski definition) is 1. The van der Waals surface area contributed by atoms with Crippen molar-refractivity contribution in [3.8, 4) is 5.69 Å². The van der Waals surface area contributed by atoms with Gasteiger partial charge in [0.15, 0.2) is 0 Å². The maximum Gasteiger partial charge on any atom is 0.264 e. The minimum absolute atomic E-state index is 0.0313. The molecule has 4 aromatic rings. The van der Waals surface area contributed by atoms with Gasteiger partial charge >= 0.3 is 0 Å². The molecule has 33 heavy (non-hydrogen) atoms. The van der Waals surface area contributed by atoms with E-state index in [0.717, 1.165) is 21.6 Å². The molecule has 0 fully saturated rings. The fraction of sp³-hybridized carbons (Fsp3) is 0.0833. The van der Waals surface area contributed by atoms with E-state index in [0.29, 0.717) is 0 Å². The van der Waals surface area contributed by atoms with E-state index >= 15 is 0 Å². The third-order valence-electron chi connectivity index (χ3n) is 4.97. The van der Waals surface area contributed by atoms with Gasteiger partial charge in [-0.15, -0.1) is 0 Å². The van der Waals surface area contributed by atoms with Crippen molar-refractivity contribution in [1.82, 2.24) is 14.9 Å². The predicted octanol–water partition coefficient (Wildman–Crippen LogP) is 3.52. The largest absolute Gasteiger partial charge is 0.350 e. The zero-order valence-corrected chi connectivity index (χ0v) is 18.3. The molecule has 0 atom stereocenters. The number of halogens is 1. The van der Waals surface area contributed by atoms with Crippen LogP contribution in [0.4, 0.5) is 10.1 Å². The smallest absolute Gasteiger partial charge is 0.264 e. The molecule has 0 radical (unpaired) electrons. The van der Waals surface area contributed by atoms with Crippen LogP contribution in [-0.2, 0) is 21.4 Å². The van der Waals surface area contributed by atoms with Crippen LogP contribution < -0.4 is 9.62 Å². The molecule has 0 spiro atoms. The quantitative estimate of drug-likeness (QED) is 0.432. The molecule has 1 aromatic heterocycles. The maximum absolute atomic E-state index is 14.5. The lowest BCUT2D eigenvalue weighted by atomic mass is 10.2. The molecule has 0 saturated carbocycles. The lowest BCUT2D eigenvalue weighted by Crippen LogP contribution is -2.41. The lowest BCUT2D eigenvalue weighted by Gasteiger charge is -2.24. The van der Waals surface area contributed by atoms with E-state index in [1.165, 1.54) is 30.3 Å². The highest BCUT2D eigenvalue weighted by Gasteiger charge is 2.28. The van der Waals surface area contributed by atoms with E-state index in [4.69, 9.17) is 0 Å². The van der Waals surface area contributed by atoms with Gasteiger partial charge in [0.1, 0.15) is 12.4 Å². The average Bonchev–Trinajstić information content (AvgIpc) is 3.38. The van der Waals surface area contributed by atoms with E-state index in [1.807, 2.05) is 35.0 Å². The van der Waals surface area contributed by atoms with Crippen LogP contribution >= 0.6 is 0 Å². The van der Waals surface area contributed by atoms with Gasteiger partial charge < -0.3 is 9.88 Å². The van der Waals surface area contributed by atoms with E-state index in [9.17, 15) is 17.6 Å². The van der Waals surface area contributed by atoms with E-state index in [-0.39, 0.29) is 17.1 Å². The number of carbonyl (C=O) groups is 1. The van der Waals surface area contributed by atoms with Crippen LogP contribution in [-0.4, -0.2) is 30.4 Å². The first-order valence-electron chi connectivity index (χ1n) is 10.1. The summed E-state index contributed by atoms with van der Waals surface area (Å²) in [5.74, 6) is -1.30. The Morgan fingerprint density at radius 2 is 1.67 bits per heavy atom. The van der Waals surface area contributed by atoms with Crippen LogP contribution in [0.5, 0.6) is 0 Å². The van der Waals surface area contributed by atoms with E-state index < -0.39 is 28.3 Å². The molecule has 1 heterocycles. The lowest BCUT2D eigenvalue weighted by molar-refractivity contribution is -0.119. The van der Waals surface area contributed by atoms with Gasteiger partial charge in [-0.3, -0.25) is 9.10 Å². The summed E-state index contributed by atoms with van der Waals surface area (Å²) in [5.41, 5.74) is 1.55. The Balaban J connectivity index is 1.50. The molecule has 1 N–H and O–H groups in total. The summed E-state index contributed by atoms with van der Waals surface area (Å²) >= 11 is 0. The highest BCUT2D eigenvalue weighted by atomic mass is 32.2. The first kappa shape index (κ1) is 22.2. The number of para-hydroxylation sites is 1. The summed E-state index contributed by atoms with van der Waals surface area (Å²) in [7, 11) is -4.16. The van der Waals surface area contributed by atoms with E-state index in [2.05, 4.69) is 10.3 Å².